The van der Waals surface area contributed by atoms with E-state index in [0.717, 1.165) is 6.42 Å². The first-order valence-corrected chi connectivity index (χ1v) is 8.46. The summed E-state index contributed by atoms with van der Waals surface area (Å²) < 4.78 is 29.0. The lowest BCUT2D eigenvalue weighted by atomic mass is 10.1. The first-order chi connectivity index (χ1) is 9.33. The summed E-state index contributed by atoms with van der Waals surface area (Å²) in [5.74, 6) is 0.301. The quantitative estimate of drug-likeness (QED) is 0.756. The van der Waals surface area contributed by atoms with Gasteiger partial charge in [-0.05, 0) is 26.2 Å². The maximum absolute atomic E-state index is 12.4. The van der Waals surface area contributed by atoms with E-state index < -0.39 is 10.0 Å². The van der Waals surface area contributed by atoms with Gasteiger partial charge in [-0.25, -0.2) is 13.1 Å². The fourth-order valence-electron chi connectivity index (χ4n) is 1.98. The topological polar surface area (TPSA) is 84.2 Å². The van der Waals surface area contributed by atoms with Gasteiger partial charge in [0, 0.05) is 19.7 Å². The standard InChI is InChI=1S/C13H25N3O3S/c1-5-10(2)9-14-20(18,19)13-11(3)15-16(12(13)4)7-6-8-17/h10,14,17H,5-9H2,1-4H3. The van der Waals surface area contributed by atoms with Crippen LogP contribution in [0.1, 0.15) is 38.1 Å². The molecule has 0 saturated heterocycles. The first kappa shape index (κ1) is 17.1. The molecule has 2 N–H and O–H groups in total. The van der Waals surface area contributed by atoms with Crippen molar-refractivity contribution >= 4 is 10.0 Å². The number of sulfonamides is 1. The van der Waals surface area contributed by atoms with E-state index in [0.29, 0.717) is 36.8 Å². The van der Waals surface area contributed by atoms with Gasteiger partial charge >= 0.3 is 0 Å². The molecule has 0 radical (unpaired) electrons. The summed E-state index contributed by atoms with van der Waals surface area (Å²) in [5.41, 5.74) is 1.12. The van der Waals surface area contributed by atoms with Crippen LogP contribution in [0.5, 0.6) is 0 Å². The number of hydrogen-bond donors (Lipinski definition) is 2. The zero-order valence-corrected chi connectivity index (χ0v) is 13.5. The van der Waals surface area contributed by atoms with Crippen molar-refractivity contribution in [1.29, 1.82) is 0 Å². The highest BCUT2D eigenvalue weighted by atomic mass is 32.2. The third kappa shape index (κ3) is 4.04. The molecule has 1 unspecified atom stereocenters. The molecule has 0 aliphatic carbocycles. The van der Waals surface area contributed by atoms with Crippen LogP contribution in [0.15, 0.2) is 4.90 Å². The largest absolute Gasteiger partial charge is 0.396 e. The Morgan fingerprint density at radius 3 is 2.60 bits per heavy atom. The zero-order chi connectivity index (χ0) is 15.3. The maximum atomic E-state index is 12.4. The lowest BCUT2D eigenvalue weighted by Crippen LogP contribution is -2.29. The molecular formula is C13H25N3O3S. The highest BCUT2D eigenvalue weighted by molar-refractivity contribution is 7.89. The van der Waals surface area contributed by atoms with Gasteiger partial charge in [-0.3, -0.25) is 4.68 Å². The molecule has 0 fully saturated rings. The predicted molar refractivity (Wildman–Crippen MR) is 78.0 cm³/mol. The summed E-state index contributed by atoms with van der Waals surface area (Å²) in [7, 11) is -3.53. The second-order valence-corrected chi connectivity index (χ2v) is 6.87. The monoisotopic (exact) mass is 303 g/mol. The minimum absolute atomic E-state index is 0.0622. The van der Waals surface area contributed by atoms with Crippen LogP contribution in [0.2, 0.25) is 0 Å². The van der Waals surface area contributed by atoms with Crippen LogP contribution >= 0.6 is 0 Å². The fraction of sp³-hybridized carbons (Fsp3) is 0.769. The molecule has 1 aromatic heterocycles. The normalized spacial score (nSPS) is 13.7. The van der Waals surface area contributed by atoms with Gasteiger partial charge < -0.3 is 5.11 Å². The van der Waals surface area contributed by atoms with E-state index in [1.54, 1.807) is 18.5 Å². The summed E-state index contributed by atoms with van der Waals surface area (Å²) in [6.45, 7) is 8.49. The fourth-order valence-corrected chi connectivity index (χ4v) is 3.55. The third-order valence-corrected chi connectivity index (χ3v) is 5.11. The SMILES string of the molecule is CCC(C)CNS(=O)(=O)c1c(C)nn(CCCO)c1C. The van der Waals surface area contributed by atoms with E-state index in [1.807, 2.05) is 13.8 Å². The Kier molecular flexibility index (Phi) is 6.16. The third-order valence-electron chi connectivity index (χ3n) is 3.43. The van der Waals surface area contributed by atoms with Crippen LogP contribution in [-0.2, 0) is 16.6 Å². The summed E-state index contributed by atoms with van der Waals surface area (Å²) in [6, 6.07) is 0. The highest BCUT2D eigenvalue weighted by Crippen LogP contribution is 2.19. The molecule has 6 nitrogen and oxygen atoms in total. The van der Waals surface area contributed by atoms with E-state index in [1.165, 1.54) is 0 Å². The van der Waals surface area contributed by atoms with E-state index in [2.05, 4.69) is 9.82 Å². The van der Waals surface area contributed by atoms with Gasteiger partial charge in [-0.2, -0.15) is 5.10 Å². The number of nitrogens with zero attached hydrogens (tertiary/aromatic N) is 2. The van der Waals surface area contributed by atoms with Crippen molar-refractivity contribution < 1.29 is 13.5 Å². The van der Waals surface area contributed by atoms with Crippen molar-refractivity contribution in [3.05, 3.63) is 11.4 Å². The van der Waals surface area contributed by atoms with Gasteiger partial charge in [0.25, 0.3) is 0 Å². The minimum atomic E-state index is -3.53. The molecule has 116 valence electrons. The molecule has 1 heterocycles. The highest BCUT2D eigenvalue weighted by Gasteiger charge is 2.24. The molecule has 0 saturated carbocycles. The summed E-state index contributed by atoms with van der Waals surface area (Å²) in [6.07, 6.45) is 1.48. The van der Waals surface area contributed by atoms with E-state index in [-0.39, 0.29) is 11.5 Å². The molecule has 0 aliphatic heterocycles. The van der Waals surface area contributed by atoms with Crippen molar-refractivity contribution in [2.24, 2.45) is 5.92 Å². The second-order valence-electron chi connectivity index (χ2n) is 5.17. The second kappa shape index (κ2) is 7.19. The maximum Gasteiger partial charge on any atom is 0.244 e. The Morgan fingerprint density at radius 2 is 2.05 bits per heavy atom. The molecule has 1 aromatic rings. The van der Waals surface area contributed by atoms with Gasteiger partial charge in [0.1, 0.15) is 4.90 Å². The lowest BCUT2D eigenvalue weighted by molar-refractivity contribution is 0.276. The van der Waals surface area contributed by atoms with Gasteiger partial charge in [0.2, 0.25) is 10.0 Å². The zero-order valence-electron chi connectivity index (χ0n) is 12.7. The summed E-state index contributed by atoms with van der Waals surface area (Å²) >= 11 is 0. The number of aliphatic hydroxyl groups excluding tert-OH is 1. The minimum Gasteiger partial charge on any atom is -0.396 e. The number of rotatable bonds is 8. The van der Waals surface area contributed by atoms with Crippen molar-refractivity contribution in [1.82, 2.24) is 14.5 Å². The number of aromatic nitrogens is 2. The molecule has 0 spiro atoms. The summed E-state index contributed by atoms with van der Waals surface area (Å²) in [5, 5.41) is 13.1. The average Bonchev–Trinajstić information content (AvgIpc) is 2.68. The molecular weight excluding hydrogens is 278 g/mol. The molecule has 7 heteroatoms. The molecule has 0 aromatic carbocycles. The van der Waals surface area contributed by atoms with E-state index in [4.69, 9.17) is 5.11 Å². The van der Waals surface area contributed by atoms with Crippen LogP contribution in [-0.4, -0.2) is 36.5 Å². The Labute approximate surface area is 121 Å². The number of aryl methyl sites for hydroxylation is 2. The van der Waals surface area contributed by atoms with Crippen molar-refractivity contribution in [2.75, 3.05) is 13.2 Å². The molecule has 1 atom stereocenters. The van der Waals surface area contributed by atoms with Gasteiger partial charge in [0.15, 0.2) is 0 Å². The molecule has 1 rings (SSSR count). The van der Waals surface area contributed by atoms with Crippen LogP contribution in [0.25, 0.3) is 0 Å². The number of hydrogen-bond acceptors (Lipinski definition) is 4. The van der Waals surface area contributed by atoms with Crippen LogP contribution in [0.3, 0.4) is 0 Å². The van der Waals surface area contributed by atoms with Gasteiger partial charge in [-0.15, -0.1) is 0 Å². The first-order valence-electron chi connectivity index (χ1n) is 6.98. The predicted octanol–water partition coefficient (Wildman–Crippen LogP) is 1.21. The summed E-state index contributed by atoms with van der Waals surface area (Å²) in [4.78, 5) is 0.263. The smallest absolute Gasteiger partial charge is 0.244 e. The Hall–Kier alpha value is -0.920. The van der Waals surface area contributed by atoms with Gasteiger partial charge in [-0.1, -0.05) is 20.3 Å². The number of aliphatic hydroxyl groups is 1. The van der Waals surface area contributed by atoms with Crippen molar-refractivity contribution in [3.63, 3.8) is 0 Å². The lowest BCUT2D eigenvalue weighted by Gasteiger charge is -2.11. The van der Waals surface area contributed by atoms with Crippen LogP contribution in [0.4, 0.5) is 0 Å². The van der Waals surface area contributed by atoms with E-state index in [9.17, 15) is 8.42 Å². The van der Waals surface area contributed by atoms with Crippen molar-refractivity contribution in [3.8, 4) is 0 Å². The Bertz CT molecular complexity index is 537. The average molecular weight is 303 g/mol. The Balaban J connectivity index is 2.97. The number of nitrogens with one attached hydrogen (secondary N) is 1. The van der Waals surface area contributed by atoms with E-state index >= 15 is 0 Å². The molecule has 20 heavy (non-hydrogen) atoms. The molecule has 0 aliphatic rings. The van der Waals surface area contributed by atoms with Crippen LogP contribution in [0, 0.1) is 19.8 Å². The van der Waals surface area contributed by atoms with Crippen LogP contribution < -0.4 is 4.72 Å². The van der Waals surface area contributed by atoms with Gasteiger partial charge in [0.05, 0.1) is 11.4 Å². The Morgan fingerprint density at radius 1 is 1.40 bits per heavy atom. The molecule has 0 amide bonds. The van der Waals surface area contributed by atoms with Crippen molar-refractivity contribution in [2.45, 2.75) is 52.0 Å². The molecule has 0 bridgehead atoms.